The number of nitro groups is 1. The second-order valence-corrected chi connectivity index (χ2v) is 4.77. The van der Waals surface area contributed by atoms with Gasteiger partial charge in [0, 0.05) is 12.6 Å². The van der Waals surface area contributed by atoms with Crippen molar-refractivity contribution in [2.45, 2.75) is 45.7 Å². The zero-order valence-electron chi connectivity index (χ0n) is 11.4. The molecule has 7 heteroatoms. The molecule has 2 heterocycles. The van der Waals surface area contributed by atoms with E-state index < -0.39 is 4.92 Å². The summed E-state index contributed by atoms with van der Waals surface area (Å²) in [4.78, 5) is 10.7. The predicted molar refractivity (Wildman–Crippen MR) is 70.4 cm³/mol. The maximum atomic E-state index is 11.1. The van der Waals surface area contributed by atoms with E-state index >= 15 is 0 Å². The van der Waals surface area contributed by atoms with E-state index in [4.69, 9.17) is 4.74 Å². The molecule has 0 aliphatic carbocycles. The third kappa shape index (κ3) is 3.04. The van der Waals surface area contributed by atoms with Gasteiger partial charge in [0.1, 0.15) is 12.3 Å². The fourth-order valence-corrected chi connectivity index (χ4v) is 2.36. The molecule has 1 aromatic rings. The first-order valence-corrected chi connectivity index (χ1v) is 6.71. The average Bonchev–Trinajstić information content (AvgIpc) is 2.73. The van der Waals surface area contributed by atoms with Crippen LogP contribution in [0.2, 0.25) is 0 Å². The Kier molecular flexibility index (Phi) is 4.36. The lowest BCUT2D eigenvalue weighted by molar-refractivity contribution is -0.386. The minimum absolute atomic E-state index is 0.0161. The number of nitrogens with one attached hydrogen (secondary N) is 1. The molecule has 0 amide bonds. The Morgan fingerprint density at radius 3 is 2.95 bits per heavy atom. The minimum Gasteiger partial charge on any atom is -0.471 e. The largest absolute Gasteiger partial charge is 0.471 e. The Labute approximate surface area is 112 Å². The monoisotopic (exact) mass is 268 g/mol. The number of rotatable bonds is 5. The molecule has 0 aromatic carbocycles. The number of nitrogens with zero attached hydrogens (tertiary/aromatic N) is 3. The molecule has 1 saturated heterocycles. The molecular formula is C12H20N4O3. The molecule has 1 atom stereocenters. The van der Waals surface area contributed by atoms with E-state index in [1.807, 2.05) is 6.92 Å². The molecule has 106 valence electrons. The van der Waals surface area contributed by atoms with Crippen LogP contribution in [0.25, 0.3) is 0 Å². The lowest BCUT2D eigenvalue weighted by atomic mass is 10.1. The van der Waals surface area contributed by atoms with Crippen molar-refractivity contribution in [3.63, 3.8) is 0 Å². The van der Waals surface area contributed by atoms with Gasteiger partial charge in [0.15, 0.2) is 0 Å². The average molecular weight is 268 g/mol. The van der Waals surface area contributed by atoms with Crippen molar-refractivity contribution in [2.24, 2.45) is 0 Å². The zero-order chi connectivity index (χ0) is 13.8. The van der Waals surface area contributed by atoms with Gasteiger partial charge in [0.05, 0.1) is 4.92 Å². The predicted octanol–water partition coefficient (Wildman–Crippen LogP) is 1.64. The summed E-state index contributed by atoms with van der Waals surface area (Å²) in [5.41, 5.74) is 0.385. The van der Waals surface area contributed by atoms with Gasteiger partial charge in [-0.25, -0.2) is 4.68 Å². The smallest absolute Gasteiger partial charge is 0.353 e. The van der Waals surface area contributed by atoms with Gasteiger partial charge >= 0.3 is 5.69 Å². The molecule has 1 unspecified atom stereocenters. The molecule has 1 aliphatic rings. The molecule has 2 rings (SSSR count). The summed E-state index contributed by atoms with van der Waals surface area (Å²) in [6.45, 7) is 5.52. The van der Waals surface area contributed by atoms with Gasteiger partial charge in [-0.1, -0.05) is 6.42 Å². The van der Waals surface area contributed by atoms with Crippen LogP contribution in [0.15, 0.2) is 0 Å². The second-order valence-electron chi connectivity index (χ2n) is 4.77. The third-order valence-electron chi connectivity index (χ3n) is 3.37. The van der Waals surface area contributed by atoms with Gasteiger partial charge in [0.2, 0.25) is 0 Å². The molecule has 1 aromatic heterocycles. The maximum Gasteiger partial charge on any atom is 0.353 e. The molecule has 0 spiro atoms. The van der Waals surface area contributed by atoms with Crippen LogP contribution in [0, 0.1) is 17.0 Å². The normalized spacial score (nSPS) is 19.4. The van der Waals surface area contributed by atoms with E-state index in [0.717, 1.165) is 13.0 Å². The lowest BCUT2D eigenvalue weighted by Gasteiger charge is -2.23. The van der Waals surface area contributed by atoms with Gasteiger partial charge in [-0.05, 0) is 33.2 Å². The first-order chi connectivity index (χ1) is 9.13. The number of ether oxygens (including phenoxy) is 1. The van der Waals surface area contributed by atoms with Crippen molar-refractivity contribution >= 4 is 5.69 Å². The van der Waals surface area contributed by atoms with Gasteiger partial charge in [-0.2, -0.15) is 5.10 Å². The molecule has 0 saturated carbocycles. The number of hydrogen-bond acceptors (Lipinski definition) is 5. The summed E-state index contributed by atoms with van der Waals surface area (Å²) in [5.74, 6) is 0.275. The highest BCUT2D eigenvalue weighted by Crippen LogP contribution is 2.30. The molecule has 0 bridgehead atoms. The number of aryl methyl sites for hydroxylation is 2. The lowest BCUT2D eigenvalue weighted by Crippen LogP contribution is -2.38. The fraction of sp³-hybridized carbons (Fsp3) is 0.750. The van der Waals surface area contributed by atoms with Crippen LogP contribution >= 0.6 is 0 Å². The summed E-state index contributed by atoms with van der Waals surface area (Å²) in [6.07, 6.45) is 3.41. The first-order valence-electron chi connectivity index (χ1n) is 6.71. The van der Waals surface area contributed by atoms with Crippen molar-refractivity contribution < 1.29 is 9.66 Å². The van der Waals surface area contributed by atoms with E-state index in [0.29, 0.717) is 18.8 Å². The zero-order valence-corrected chi connectivity index (χ0v) is 11.4. The van der Waals surface area contributed by atoms with E-state index in [9.17, 15) is 10.1 Å². The molecule has 1 fully saturated rings. The van der Waals surface area contributed by atoms with Gasteiger partial charge in [-0.15, -0.1) is 0 Å². The summed E-state index contributed by atoms with van der Waals surface area (Å²) in [7, 11) is 0. The Balaban J connectivity index is 2.11. The SMILES string of the molecule is CCn1nc(C)c([N+](=O)[O-])c1OCC1CCCCN1. The van der Waals surface area contributed by atoms with Crippen molar-refractivity contribution in [1.29, 1.82) is 0 Å². The number of aromatic nitrogens is 2. The van der Waals surface area contributed by atoms with Crippen molar-refractivity contribution in [3.05, 3.63) is 15.8 Å². The Morgan fingerprint density at radius 1 is 1.58 bits per heavy atom. The summed E-state index contributed by atoms with van der Waals surface area (Å²) in [5, 5.41) is 18.6. The number of hydrogen-bond donors (Lipinski definition) is 1. The highest BCUT2D eigenvalue weighted by Gasteiger charge is 2.27. The molecule has 0 radical (unpaired) electrons. The van der Waals surface area contributed by atoms with Gasteiger partial charge in [0.25, 0.3) is 5.88 Å². The third-order valence-corrected chi connectivity index (χ3v) is 3.37. The van der Waals surface area contributed by atoms with Crippen molar-refractivity contribution in [3.8, 4) is 5.88 Å². The fourth-order valence-electron chi connectivity index (χ4n) is 2.36. The van der Waals surface area contributed by atoms with Crippen LogP contribution in [-0.4, -0.2) is 33.9 Å². The topological polar surface area (TPSA) is 82.2 Å². The minimum atomic E-state index is -0.419. The van der Waals surface area contributed by atoms with E-state index in [1.165, 1.54) is 12.8 Å². The van der Waals surface area contributed by atoms with Crippen LogP contribution < -0.4 is 10.1 Å². The van der Waals surface area contributed by atoms with Crippen LogP contribution in [0.1, 0.15) is 31.9 Å². The summed E-state index contributed by atoms with van der Waals surface area (Å²) < 4.78 is 7.23. The molecule has 7 nitrogen and oxygen atoms in total. The van der Waals surface area contributed by atoms with Crippen molar-refractivity contribution in [2.75, 3.05) is 13.2 Å². The first kappa shape index (κ1) is 13.8. The molecular weight excluding hydrogens is 248 g/mol. The highest BCUT2D eigenvalue weighted by atomic mass is 16.6. The van der Waals surface area contributed by atoms with Gasteiger partial charge < -0.3 is 10.1 Å². The number of piperidine rings is 1. The summed E-state index contributed by atoms with van der Waals surface area (Å²) in [6, 6.07) is 0.272. The standard InChI is InChI=1S/C12H20N4O3/c1-3-15-12(11(16(17)18)9(2)14-15)19-8-10-6-4-5-7-13-10/h10,13H,3-8H2,1-2H3. The Morgan fingerprint density at radius 2 is 2.37 bits per heavy atom. The quantitative estimate of drug-likeness (QED) is 0.648. The van der Waals surface area contributed by atoms with Gasteiger partial charge in [-0.3, -0.25) is 10.1 Å². The highest BCUT2D eigenvalue weighted by molar-refractivity contribution is 5.45. The van der Waals surface area contributed by atoms with Crippen molar-refractivity contribution in [1.82, 2.24) is 15.1 Å². The Hall–Kier alpha value is -1.63. The molecule has 1 N–H and O–H groups in total. The van der Waals surface area contributed by atoms with E-state index in [1.54, 1.807) is 11.6 Å². The van der Waals surface area contributed by atoms with Crippen LogP contribution in [-0.2, 0) is 6.54 Å². The summed E-state index contributed by atoms with van der Waals surface area (Å²) >= 11 is 0. The van der Waals surface area contributed by atoms with Crippen LogP contribution in [0.4, 0.5) is 5.69 Å². The second kappa shape index (κ2) is 6.01. The maximum absolute atomic E-state index is 11.1. The molecule has 19 heavy (non-hydrogen) atoms. The van der Waals surface area contributed by atoms with Crippen LogP contribution in [0.3, 0.4) is 0 Å². The Bertz CT molecular complexity index is 452. The van der Waals surface area contributed by atoms with E-state index in [2.05, 4.69) is 10.4 Å². The molecule has 1 aliphatic heterocycles. The van der Waals surface area contributed by atoms with E-state index in [-0.39, 0.29) is 17.6 Å². The van der Waals surface area contributed by atoms with Crippen LogP contribution in [0.5, 0.6) is 5.88 Å².